The largest absolute Gasteiger partial charge is 0.335 e. The summed E-state index contributed by atoms with van der Waals surface area (Å²) in [7, 11) is -3.01. The first-order valence-electron chi connectivity index (χ1n) is 6.12. The molecule has 0 aliphatic heterocycles. The van der Waals surface area contributed by atoms with Crippen molar-refractivity contribution in [2.24, 2.45) is 0 Å². The third-order valence-electron chi connectivity index (χ3n) is 2.53. The van der Waals surface area contributed by atoms with E-state index in [-0.39, 0.29) is 0 Å². The highest BCUT2D eigenvalue weighted by Crippen LogP contribution is 2.52. The van der Waals surface area contributed by atoms with Crippen LogP contribution < -0.4 is 0 Å². The van der Waals surface area contributed by atoms with E-state index in [1.807, 2.05) is 26.0 Å². The molecule has 0 aliphatic rings. The SMILES string of the molecule is CCOP(=O)(Cc1cc2ccc(Br)cc2s1)OCC. The minimum Gasteiger partial charge on any atom is -0.309 e. The lowest BCUT2D eigenvalue weighted by Crippen LogP contribution is -1.97. The Morgan fingerprint density at radius 2 is 1.89 bits per heavy atom. The van der Waals surface area contributed by atoms with Crippen LogP contribution in [0.15, 0.2) is 28.7 Å². The van der Waals surface area contributed by atoms with Crippen LogP contribution in [-0.4, -0.2) is 13.2 Å². The predicted molar refractivity (Wildman–Crippen MR) is 84.1 cm³/mol. The van der Waals surface area contributed by atoms with Crippen molar-refractivity contribution in [2.75, 3.05) is 13.2 Å². The highest BCUT2D eigenvalue weighted by atomic mass is 79.9. The minimum atomic E-state index is -3.01. The van der Waals surface area contributed by atoms with Crippen molar-refractivity contribution in [3.05, 3.63) is 33.6 Å². The zero-order valence-electron chi connectivity index (χ0n) is 10.9. The molecule has 104 valence electrons. The molecule has 1 aromatic heterocycles. The maximum Gasteiger partial charge on any atom is 0.335 e. The van der Waals surface area contributed by atoms with Gasteiger partial charge in [-0.05, 0) is 37.4 Å². The van der Waals surface area contributed by atoms with Gasteiger partial charge in [-0.25, -0.2) is 0 Å². The van der Waals surface area contributed by atoms with Crippen molar-refractivity contribution in [1.82, 2.24) is 0 Å². The van der Waals surface area contributed by atoms with E-state index >= 15 is 0 Å². The molecule has 19 heavy (non-hydrogen) atoms. The molecule has 0 radical (unpaired) electrons. The highest BCUT2D eigenvalue weighted by molar-refractivity contribution is 9.10. The van der Waals surface area contributed by atoms with Crippen molar-refractivity contribution in [3.8, 4) is 0 Å². The first-order chi connectivity index (χ1) is 9.06. The minimum absolute atomic E-state index is 0.339. The van der Waals surface area contributed by atoms with Crippen LogP contribution in [0.4, 0.5) is 0 Å². The Bertz CT molecular complexity index is 601. The molecule has 6 heteroatoms. The number of rotatable bonds is 6. The first-order valence-corrected chi connectivity index (χ1v) is 9.46. The number of halogens is 1. The van der Waals surface area contributed by atoms with Crippen LogP contribution in [0.25, 0.3) is 10.1 Å². The summed E-state index contributed by atoms with van der Waals surface area (Å²) in [5, 5.41) is 1.16. The molecule has 0 aliphatic carbocycles. The van der Waals surface area contributed by atoms with E-state index in [1.165, 1.54) is 4.70 Å². The number of hydrogen-bond donors (Lipinski definition) is 0. The Morgan fingerprint density at radius 1 is 1.21 bits per heavy atom. The van der Waals surface area contributed by atoms with E-state index in [1.54, 1.807) is 11.3 Å². The summed E-state index contributed by atoms with van der Waals surface area (Å²) in [6.45, 7) is 4.45. The van der Waals surface area contributed by atoms with Gasteiger partial charge in [0.1, 0.15) is 0 Å². The number of thiophene rings is 1. The van der Waals surface area contributed by atoms with E-state index in [4.69, 9.17) is 9.05 Å². The topological polar surface area (TPSA) is 35.5 Å². The predicted octanol–water partition coefficient (Wildman–Crippen LogP) is 5.43. The van der Waals surface area contributed by atoms with Crippen LogP contribution in [-0.2, 0) is 19.8 Å². The number of hydrogen-bond acceptors (Lipinski definition) is 4. The van der Waals surface area contributed by atoms with Gasteiger partial charge in [0, 0.05) is 14.0 Å². The fraction of sp³-hybridized carbons (Fsp3) is 0.385. The third-order valence-corrected chi connectivity index (χ3v) is 6.37. The monoisotopic (exact) mass is 362 g/mol. The van der Waals surface area contributed by atoms with Crippen molar-refractivity contribution in [1.29, 1.82) is 0 Å². The van der Waals surface area contributed by atoms with E-state index in [9.17, 15) is 4.57 Å². The molecule has 3 nitrogen and oxygen atoms in total. The molecule has 2 aromatic rings. The Balaban J connectivity index is 2.26. The second kappa shape index (κ2) is 6.51. The highest BCUT2D eigenvalue weighted by Gasteiger charge is 2.25. The molecule has 0 amide bonds. The van der Waals surface area contributed by atoms with E-state index < -0.39 is 7.60 Å². The Hall–Kier alpha value is -0.190. The molecule has 1 heterocycles. The molecule has 0 saturated heterocycles. The maximum absolute atomic E-state index is 12.5. The van der Waals surface area contributed by atoms with Crippen molar-refractivity contribution < 1.29 is 13.6 Å². The summed E-state index contributed by atoms with van der Waals surface area (Å²) < 4.78 is 25.3. The molecule has 1 aromatic carbocycles. The second-order valence-corrected chi connectivity index (χ2v) is 8.14. The lowest BCUT2D eigenvalue weighted by atomic mass is 10.2. The standard InChI is InChI=1S/C13H16BrO3PS/c1-3-16-18(15,17-4-2)9-12-7-10-5-6-11(14)8-13(10)19-12/h5-8H,3-4,9H2,1-2H3. The Morgan fingerprint density at radius 3 is 2.53 bits per heavy atom. The molecule has 0 unspecified atom stereocenters. The molecule has 0 fully saturated rings. The van der Waals surface area contributed by atoms with Crippen LogP contribution in [0.3, 0.4) is 0 Å². The van der Waals surface area contributed by atoms with Gasteiger partial charge in [0.05, 0.1) is 19.4 Å². The van der Waals surface area contributed by atoms with Gasteiger partial charge in [0.15, 0.2) is 0 Å². The van der Waals surface area contributed by atoms with Crippen molar-refractivity contribution >= 4 is 44.9 Å². The lowest BCUT2D eigenvalue weighted by molar-refractivity contribution is 0.219. The molecular weight excluding hydrogens is 347 g/mol. The summed E-state index contributed by atoms with van der Waals surface area (Å²) in [4.78, 5) is 1.03. The average molecular weight is 363 g/mol. The van der Waals surface area contributed by atoms with Gasteiger partial charge in [0.2, 0.25) is 0 Å². The van der Waals surface area contributed by atoms with Gasteiger partial charge in [-0.15, -0.1) is 11.3 Å². The Labute approximate surface area is 125 Å². The van der Waals surface area contributed by atoms with Crippen LogP contribution in [0, 0.1) is 0 Å². The van der Waals surface area contributed by atoms with Crippen LogP contribution in [0.2, 0.25) is 0 Å². The summed E-state index contributed by atoms with van der Waals surface area (Å²) in [5.74, 6) is 0. The maximum atomic E-state index is 12.5. The Kier molecular flexibility index (Phi) is 5.21. The smallest absolute Gasteiger partial charge is 0.309 e. The normalized spacial score (nSPS) is 12.2. The molecule has 0 N–H and O–H groups in total. The number of fused-ring (bicyclic) bond motifs is 1. The molecule has 0 atom stereocenters. The molecule has 0 saturated carbocycles. The zero-order valence-corrected chi connectivity index (χ0v) is 14.2. The fourth-order valence-electron chi connectivity index (χ4n) is 1.85. The summed E-state index contributed by atoms with van der Waals surface area (Å²) in [6.07, 6.45) is 0.339. The van der Waals surface area contributed by atoms with Crippen LogP contribution in [0.5, 0.6) is 0 Å². The van der Waals surface area contributed by atoms with E-state index in [2.05, 4.69) is 28.1 Å². The van der Waals surface area contributed by atoms with Crippen LogP contribution in [0.1, 0.15) is 18.7 Å². The van der Waals surface area contributed by atoms with Gasteiger partial charge in [0.25, 0.3) is 0 Å². The fourth-order valence-corrected chi connectivity index (χ4v) is 5.51. The third kappa shape index (κ3) is 3.89. The van der Waals surface area contributed by atoms with Crippen molar-refractivity contribution in [2.45, 2.75) is 20.0 Å². The molecular formula is C13H16BrO3PS. The number of benzene rings is 1. The van der Waals surface area contributed by atoms with Gasteiger partial charge in [-0.1, -0.05) is 22.0 Å². The summed E-state index contributed by atoms with van der Waals surface area (Å²) >= 11 is 5.08. The molecule has 2 rings (SSSR count). The van der Waals surface area contributed by atoms with Gasteiger partial charge in [-0.3, -0.25) is 4.57 Å². The first kappa shape index (κ1) is 15.2. The van der Waals surface area contributed by atoms with E-state index in [0.29, 0.717) is 19.4 Å². The van der Waals surface area contributed by atoms with Crippen LogP contribution >= 0.6 is 34.9 Å². The average Bonchev–Trinajstić information content (AvgIpc) is 2.70. The van der Waals surface area contributed by atoms with E-state index in [0.717, 1.165) is 14.7 Å². The van der Waals surface area contributed by atoms with Gasteiger partial charge in [-0.2, -0.15) is 0 Å². The molecule has 0 bridgehead atoms. The summed E-state index contributed by atoms with van der Waals surface area (Å²) in [6, 6.07) is 8.17. The van der Waals surface area contributed by atoms with Gasteiger partial charge < -0.3 is 9.05 Å². The lowest BCUT2D eigenvalue weighted by Gasteiger charge is -2.15. The molecule has 0 spiro atoms. The van der Waals surface area contributed by atoms with Gasteiger partial charge >= 0.3 is 7.60 Å². The quantitative estimate of drug-likeness (QED) is 0.642. The second-order valence-electron chi connectivity index (χ2n) is 4.00. The summed E-state index contributed by atoms with van der Waals surface area (Å²) in [5.41, 5.74) is 0. The van der Waals surface area contributed by atoms with Crippen molar-refractivity contribution in [3.63, 3.8) is 0 Å². The zero-order chi connectivity index (χ0) is 13.9.